The van der Waals surface area contributed by atoms with Gasteiger partial charge in [0.05, 0.1) is 25.1 Å². The third-order valence-electron chi connectivity index (χ3n) is 5.05. The van der Waals surface area contributed by atoms with Gasteiger partial charge in [-0.3, -0.25) is 14.2 Å². The molecule has 3 aromatic rings. The molecule has 9 heteroatoms. The lowest BCUT2D eigenvalue weighted by molar-refractivity contribution is -0.147. The van der Waals surface area contributed by atoms with Gasteiger partial charge in [0, 0.05) is 12.2 Å². The number of carbonyl (C=O) groups is 2. The average molecular weight is 421 g/mol. The SMILES string of the molecule is COc1ccc(/C=C2\CCn3c2nc2cc(NC(=O)C(=O)O)ccc2c3=O)cc1OC. The van der Waals surface area contributed by atoms with Gasteiger partial charge in [-0.2, -0.15) is 0 Å². The minimum atomic E-state index is -1.60. The molecule has 31 heavy (non-hydrogen) atoms. The molecular formula is C22H19N3O6. The molecule has 0 fully saturated rings. The summed E-state index contributed by atoms with van der Waals surface area (Å²) in [5, 5.41) is 11.4. The lowest BCUT2D eigenvalue weighted by atomic mass is 10.1. The van der Waals surface area contributed by atoms with Crippen molar-refractivity contribution >= 4 is 40.1 Å². The number of ether oxygens (including phenoxy) is 2. The summed E-state index contributed by atoms with van der Waals surface area (Å²) in [6.45, 7) is 0.508. The number of carboxylic acids is 1. The second kappa shape index (κ2) is 7.94. The van der Waals surface area contributed by atoms with E-state index in [9.17, 15) is 14.4 Å². The first kappa shape index (κ1) is 20.1. The van der Waals surface area contributed by atoms with E-state index in [2.05, 4.69) is 10.3 Å². The molecule has 0 saturated carbocycles. The first-order valence-corrected chi connectivity index (χ1v) is 9.43. The summed E-state index contributed by atoms with van der Waals surface area (Å²) in [7, 11) is 3.13. The third kappa shape index (κ3) is 3.73. The van der Waals surface area contributed by atoms with Gasteiger partial charge >= 0.3 is 11.9 Å². The van der Waals surface area contributed by atoms with Crippen LogP contribution in [0.15, 0.2) is 41.2 Å². The third-order valence-corrected chi connectivity index (χ3v) is 5.05. The lowest BCUT2D eigenvalue weighted by Gasteiger charge is -2.09. The van der Waals surface area contributed by atoms with Crippen LogP contribution in [0.4, 0.5) is 5.69 Å². The highest BCUT2D eigenvalue weighted by atomic mass is 16.5. The Labute approximate surface area is 176 Å². The number of hydrogen-bond acceptors (Lipinski definition) is 6. The van der Waals surface area contributed by atoms with Crippen LogP contribution >= 0.6 is 0 Å². The Hall–Kier alpha value is -4.14. The number of carbonyl (C=O) groups excluding carboxylic acids is 1. The highest BCUT2D eigenvalue weighted by molar-refractivity contribution is 6.36. The molecule has 2 N–H and O–H groups in total. The van der Waals surface area contributed by atoms with Gasteiger partial charge in [0.1, 0.15) is 5.82 Å². The molecule has 9 nitrogen and oxygen atoms in total. The van der Waals surface area contributed by atoms with Gasteiger partial charge in [-0.1, -0.05) is 6.07 Å². The molecule has 0 atom stereocenters. The summed E-state index contributed by atoms with van der Waals surface area (Å²) >= 11 is 0. The number of nitrogens with zero attached hydrogens (tertiary/aromatic N) is 2. The quantitative estimate of drug-likeness (QED) is 0.621. The number of carboxylic acid groups (broad SMARTS) is 1. The Bertz CT molecular complexity index is 1310. The van der Waals surface area contributed by atoms with Gasteiger partial charge in [0.25, 0.3) is 5.56 Å². The number of aromatic nitrogens is 2. The molecule has 0 saturated heterocycles. The van der Waals surface area contributed by atoms with E-state index in [0.29, 0.717) is 41.2 Å². The molecular weight excluding hydrogens is 402 g/mol. The topological polar surface area (TPSA) is 120 Å². The van der Waals surface area contributed by atoms with Crippen molar-refractivity contribution in [1.29, 1.82) is 0 Å². The van der Waals surface area contributed by atoms with Crippen molar-refractivity contribution in [3.63, 3.8) is 0 Å². The number of anilines is 1. The molecule has 0 aliphatic carbocycles. The molecule has 1 amide bonds. The van der Waals surface area contributed by atoms with Crippen molar-refractivity contribution in [3.05, 3.63) is 58.1 Å². The van der Waals surface area contributed by atoms with Crippen LogP contribution in [0.3, 0.4) is 0 Å². The second-order valence-corrected chi connectivity index (χ2v) is 6.92. The van der Waals surface area contributed by atoms with Gasteiger partial charge < -0.3 is 19.9 Å². The fraction of sp³-hybridized carbons (Fsp3) is 0.182. The van der Waals surface area contributed by atoms with E-state index < -0.39 is 11.9 Å². The van der Waals surface area contributed by atoms with Gasteiger partial charge in [0.15, 0.2) is 11.5 Å². The number of allylic oxidation sites excluding steroid dienone is 1. The van der Waals surface area contributed by atoms with Crippen molar-refractivity contribution in [2.75, 3.05) is 19.5 Å². The first-order chi connectivity index (χ1) is 14.9. The summed E-state index contributed by atoms with van der Waals surface area (Å²) in [6.07, 6.45) is 2.57. The van der Waals surface area contributed by atoms with E-state index in [-0.39, 0.29) is 11.2 Å². The molecule has 2 aromatic carbocycles. The molecule has 1 aliphatic rings. The molecule has 0 unspecified atom stereocenters. The average Bonchev–Trinajstić information content (AvgIpc) is 3.16. The molecule has 0 bridgehead atoms. The number of rotatable bonds is 4. The zero-order valence-electron chi connectivity index (χ0n) is 16.8. The Morgan fingerprint density at radius 1 is 1.13 bits per heavy atom. The minimum absolute atomic E-state index is 0.188. The van der Waals surface area contributed by atoms with E-state index in [4.69, 9.17) is 14.6 Å². The number of amides is 1. The van der Waals surface area contributed by atoms with Crippen molar-refractivity contribution in [2.24, 2.45) is 0 Å². The van der Waals surface area contributed by atoms with Gasteiger partial charge in [0.2, 0.25) is 0 Å². The van der Waals surface area contributed by atoms with Gasteiger partial charge in [-0.05, 0) is 54.0 Å². The van der Waals surface area contributed by atoms with Crippen molar-refractivity contribution in [2.45, 2.75) is 13.0 Å². The van der Waals surface area contributed by atoms with Gasteiger partial charge in [-0.25, -0.2) is 9.78 Å². The number of hydrogen-bond donors (Lipinski definition) is 2. The van der Waals surface area contributed by atoms with Crippen molar-refractivity contribution in [3.8, 4) is 11.5 Å². The van der Waals surface area contributed by atoms with Crippen molar-refractivity contribution < 1.29 is 24.2 Å². The number of aliphatic carboxylic acids is 1. The van der Waals surface area contributed by atoms with Crippen LogP contribution in [-0.2, 0) is 16.1 Å². The smallest absolute Gasteiger partial charge is 0.394 e. The zero-order chi connectivity index (χ0) is 22.1. The summed E-state index contributed by atoms with van der Waals surface area (Å²) in [5.41, 5.74) is 2.19. The predicted octanol–water partition coefficient (Wildman–Crippen LogP) is 2.38. The Balaban J connectivity index is 1.77. The predicted molar refractivity (Wildman–Crippen MR) is 114 cm³/mol. The van der Waals surface area contributed by atoms with E-state index in [1.807, 2.05) is 18.2 Å². The second-order valence-electron chi connectivity index (χ2n) is 6.92. The molecule has 0 spiro atoms. The van der Waals surface area contributed by atoms with E-state index in [0.717, 1.165) is 11.1 Å². The molecule has 1 aliphatic heterocycles. The largest absolute Gasteiger partial charge is 0.493 e. The summed E-state index contributed by atoms with van der Waals surface area (Å²) in [6, 6.07) is 10.0. The number of methoxy groups -OCH3 is 2. The maximum Gasteiger partial charge on any atom is 0.394 e. The molecule has 4 rings (SSSR count). The Kier molecular flexibility index (Phi) is 5.16. The van der Waals surface area contributed by atoms with E-state index in [1.165, 1.54) is 18.2 Å². The maximum atomic E-state index is 12.9. The minimum Gasteiger partial charge on any atom is -0.493 e. The van der Waals surface area contributed by atoms with Crippen LogP contribution in [0, 0.1) is 0 Å². The van der Waals surface area contributed by atoms with E-state index in [1.54, 1.807) is 24.9 Å². The maximum absolute atomic E-state index is 12.9. The fourth-order valence-electron chi connectivity index (χ4n) is 3.56. The van der Waals surface area contributed by atoms with Crippen LogP contribution in [0.1, 0.15) is 17.8 Å². The van der Waals surface area contributed by atoms with E-state index >= 15 is 0 Å². The standard InChI is InChI=1S/C22H19N3O6/c1-30-17-6-3-12(10-18(17)31-2)9-13-7-8-25-19(13)24-16-11-14(23-20(26)22(28)29)4-5-15(16)21(25)27/h3-6,9-11H,7-8H2,1-2H3,(H,23,26)(H,28,29)/b13-9+. The Morgan fingerprint density at radius 3 is 2.61 bits per heavy atom. The Morgan fingerprint density at radius 2 is 1.90 bits per heavy atom. The first-order valence-electron chi connectivity index (χ1n) is 9.43. The summed E-state index contributed by atoms with van der Waals surface area (Å²) in [4.78, 5) is 39.7. The summed E-state index contributed by atoms with van der Waals surface area (Å²) in [5.74, 6) is -1.01. The van der Waals surface area contributed by atoms with Crippen LogP contribution in [0.2, 0.25) is 0 Å². The molecule has 2 heterocycles. The monoisotopic (exact) mass is 421 g/mol. The zero-order valence-corrected chi connectivity index (χ0v) is 16.8. The highest BCUT2D eigenvalue weighted by Crippen LogP contribution is 2.32. The normalized spacial score (nSPS) is 13.8. The number of fused-ring (bicyclic) bond motifs is 2. The van der Waals surface area contributed by atoms with Crippen LogP contribution < -0.4 is 20.3 Å². The van der Waals surface area contributed by atoms with Crippen molar-refractivity contribution in [1.82, 2.24) is 9.55 Å². The van der Waals surface area contributed by atoms with Gasteiger partial charge in [-0.15, -0.1) is 0 Å². The van der Waals surface area contributed by atoms with Crippen LogP contribution in [-0.4, -0.2) is 40.8 Å². The van der Waals surface area contributed by atoms with Crippen LogP contribution in [0.25, 0.3) is 22.6 Å². The molecule has 1 aromatic heterocycles. The van der Waals surface area contributed by atoms with Crippen LogP contribution in [0.5, 0.6) is 11.5 Å². The number of benzene rings is 2. The highest BCUT2D eigenvalue weighted by Gasteiger charge is 2.21. The molecule has 158 valence electrons. The number of nitrogens with one attached hydrogen (secondary N) is 1. The summed E-state index contributed by atoms with van der Waals surface area (Å²) < 4.78 is 12.2. The lowest BCUT2D eigenvalue weighted by Crippen LogP contribution is -2.23. The molecule has 0 radical (unpaired) electrons. The fourth-order valence-corrected chi connectivity index (χ4v) is 3.56.